The van der Waals surface area contributed by atoms with Crippen LogP contribution in [0.2, 0.25) is 0 Å². The van der Waals surface area contributed by atoms with Crippen molar-refractivity contribution in [1.29, 1.82) is 0 Å². The van der Waals surface area contributed by atoms with Gasteiger partial charge in [0.15, 0.2) is 0 Å². The van der Waals surface area contributed by atoms with E-state index in [4.69, 9.17) is 4.74 Å². The summed E-state index contributed by atoms with van der Waals surface area (Å²) in [6.07, 6.45) is 2.17. The summed E-state index contributed by atoms with van der Waals surface area (Å²) in [6.45, 7) is 6.03. The van der Waals surface area contributed by atoms with Gasteiger partial charge in [0.2, 0.25) is 0 Å². The van der Waals surface area contributed by atoms with E-state index in [0.717, 1.165) is 24.0 Å². The first-order valence-corrected chi connectivity index (χ1v) is 5.41. The molecule has 0 saturated carbocycles. The minimum absolute atomic E-state index is 0.196. The van der Waals surface area contributed by atoms with Crippen molar-refractivity contribution in [2.75, 3.05) is 0 Å². The SMILES string of the molecule is CCCc1ccc2c(c1)C(C)(C)OC2=O. The number of esters is 1. The lowest BCUT2D eigenvalue weighted by atomic mass is 9.93. The molecule has 0 amide bonds. The molecule has 0 aliphatic carbocycles. The lowest BCUT2D eigenvalue weighted by Gasteiger charge is -2.17. The van der Waals surface area contributed by atoms with Gasteiger partial charge in [0.1, 0.15) is 5.60 Å². The highest BCUT2D eigenvalue weighted by Gasteiger charge is 2.37. The van der Waals surface area contributed by atoms with Gasteiger partial charge in [0.05, 0.1) is 5.56 Å². The van der Waals surface area contributed by atoms with Crippen LogP contribution in [0.15, 0.2) is 18.2 Å². The van der Waals surface area contributed by atoms with E-state index in [0.29, 0.717) is 0 Å². The zero-order valence-electron chi connectivity index (χ0n) is 9.46. The Kier molecular flexibility index (Phi) is 2.29. The second-order valence-corrected chi connectivity index (χ2v) is 4.53. The van der Waals surface area contributed by atoms with Crippen molar-refractivity contribution < 1.29 is 9.53 Å². The highest BCUT2D eigenvalue weighted by atomic mass is 16.6. The van der Waals surface area contributed by atoms with Crippen LogP contribution in [0.5, 0.6) is 0 Å². The van der Waals surface area contributed by atoms with E-state index >= 15 is 0 Å². The molecule has 1 aromatic carbocycles. The molecule has 0 fully saturated rings. The number of cyclic esters (lactones) is 1. The number of benzene rings is 1. The number of hydrogen-bond donors (Lipinski definition) is 0. The minimum Gasteiger partial charge on any atom is -0.451 e. The van der Waals surface area contributed by atoms with Crippen LogP contribution in [0, 0.1) is 0 Å². The summed E-state index contributed by atoms with van der Waals surface area (Å²) in [7, 11) is 0. The van der Waals surface area contributed by atoms with Crippen LogP contribution in [0.1, 0.15) is 48.7 Å². The first-order valence-electron chi connectivity index (χ1n) is 5.41. The lowest BCUT2D eigenvalue weighted by Crippen LogP contribution is -2.16. The van der Waals surface area contributed by atoms with Crippen LogP contribution >= 0.6 is 0 Å². The summed E-state index contributed by atoms with van der Waals surface area (Å²) in [5, 5.41) is 0. The fourth-order valence-electron chi connectivity index (χ4n) is 2.05. The number of hydrogen-bond acceptors (Lipinski definition) is 2. The van der Waals surface area contributed by atoms with Crippen LogP contribution in [-0.4, -0.2) is 5.97 Å². The molecule has 0 aromatic heterocycles. The van der Waals surface area contributed by atoms with Crippen LogP contribution in [0.25, 0.3) is 0 Å². The number of rotatable bonds is 2. The van der Waals surface area contributed by atoms with Gasteiger partial charge in [-0.1, -0.05) is 25.5 Å². The van der Waals surface area contributed by atoms with E-state index in [2.05, 4.69) is 13.0 Å². The van der Waals surface area contributed by atoms with Crippen molar-refractivity contribution in [2.45, 2.75) is 39.2 Å². The van der Waals surface area contributed by atoms with Crippen molar-refractivity contribution >= 4 is 5.97 Å². The van der Waals surface area contributed by atoms with Crippen molar-refractivity contribution in [3.8, 4) is 0 Å². The molecule has 0 radical (unpaired) electrons. The Morgan fingerprint density at radius 2 is 2.07 bits per heavy atom. The first-order chi connectivity index (χ1) is 7.04. The molecule has 2 heteroatoms. The average Bonchev–Trinajstić information content (AvgIpc) is 2.38. The Labute approximate surface area is 90.3 Å². The van der Waals surface area contributed by atoms with Crippen molar-refractivity contribution in [2.24, 2.45) is 0 Å². The van der Waals surface area contributed by atoms with Gasteiger partial charge in [-0.2, -0.15) is 0 Å². The third-order valence-electron chi connectivity index (χ3n) is 2.84. The Balaban J connectivity index is 2.47. The number of carbonyl (C=O) groups is 1. The molecule has 2 rings (SSSR count). The summed E-state index contributed by atoms with van der Waals surface area (Å²) >= 11 is 0. The molecule has 1 aliphatic heterocycles. The standard InChI is InChI=1S/C13H16O2/c1-4-5-9-6-7-10-11(8-9)13(2,3)15-12(10)14/h6-8H,4-5H2,1-3H3. The van der Waals surface area contributed by atoms with E-state index in [9.17, 15) is 4.79 Å². The molecule has 0 spiro atoms. The Morgan fingerprint density at radius 1 is 1.33 bits per heavy atom. The van der Waals surface area contributed by atoms with Crippen LogP contribution in [0.3, 0.4) is 0 Å². The molecule has 0 N–H and O–H groups in total. The smallest absolute Gasteiger partial charge is 0.339 e. The molecule has 1 aliphatic rings. The normalized spacial score (nSPS) is 17.4. The lowest BCUT2D eigenvalue weighted by molar-refractivity contribution is 0.00953. The van der Waals surface area contributed by atoms with E-state index in [1.165, 1.54) is 5.56 Å². The predicted octanol–water partition coefficient (Wildman–Crippen LogP) is 3.04. The molecule has 2 nitrogen and oxygen atoms in total. The largest absolute Gasteiger partial charge is 0.451 e. The zero-order chi connectivity index (χ0) is 11.1. The highest BCUT2D eigenvalue weighted by Crippen LogP contribution is 2.36. The number of carbonyl (C=O) groups excluding carboxylic acids is 1. The first kappa shape index (κ1) is 10.2. The third kappa shape index (κ3) is 1.65. The fourth-order valence-corrected chi connectivity index (χ4v) is 2.05. The predicted molar refractivity (Wildman–Crippen MR) is 58.9 cm³/mol. The summed E-state index contributed by atoms with van der Waals surface area (Å²) in [5.41, 5.74) is 2.57. The van der Waals surface area contributed by atoms with Gasteiger partial charge >= 0.3 is 5.97 Å². The van der Waals surface area contributed by atoms with Gasteiger partial charge in [0, 0.05) is 5.56 Å². The minimum atomic E-state index is -0.462. The number of ether oxygens (including phenoxy) is 1. The van der Waals surface area contributed by atoms with Gasteiger partial charge in [0.25, 0.3) is 0 Å². The van der Waals surface area contributed by atoms with Gasteiger partial charge in [-0.05, 0) is 31.9 Å². The summed E-state index contributed by atoms with van der Waals surface area (Å²) in [5.74, 6) is -0.196. The topological polar surface area (TPSA) is 26.3 Å². The maximum atomic E-state index is 11.5. The Bertz CT molecular complexity index is 405. The Hall–Kier alpha value is -1.31. The molecule has 1 heterocycles. The van der Waals surface area contributed by atoms with E-state index < -0.39 is 5.60 Å². The molecular formula is C13H16O2. The maximum Gasteiger partial charge on any atom is 0.339 e. The summed E-state index contributed by atoms with van der Waals surface area (Å²) < 4.78 is 5.31. The third-order valence-corrected chi connectivity index (χ3v) is 2.84. The number of fused-ring (bicyclic) bond motifs is 1. The maximum absolute atomic E-state index is 11.5. The Morgan fingerprint density at radius 3 is 2.73 bits per heavy atom. The van der Waals surface area contributed by atoms with E-state index in [1.807, 2.05) is 26.0 Å². The fraction of sp³-hybridized carbons (Fsp3) is 0.462. The molecule has 0 bridgehead atoms. The van der Waals surface area contributed by atoms with E-state index in [1.54, 1.807) is 0 Å². The van der Waals surface area contributed by atoms with Crippen LogP contribution in [-0.2, 0) is 16.8 Å². The zero-order valence-corrected chi connectivity index (χ0v) is 9.46. The molecule has 1 aromatic rings. The van der Waals surface area contributed by atoms with Gasteiger partial charge < -0.3 is 4.74 Å². The van der Waals surface area contributed by atoms with Crippen molar-refractivity contribution in [3.63, 3.8) is 0 Å². The second-order valence-electron chi connectivity index (χ2n) is 4.53. The molecule has 80 valence electrons. The van der Waals surface area contributed by atoms with Crippen molar-refractivity contribution in [1.82, 2.24) is 0 Å². The van der Waals surface area contributed by atoms with Gasteiger partial charge in [-0.25, -0.2) is 4.79 Å². The quantitative estimate of drug-likeness (QED) is 0.692. The van der Waals surface area contributed by atoms with E-state index in [-0.39, 0.29) is 5.97 Å². The molecule has 0 atom stereocenters. The monoisotopic (exact) mass is 204 g/mol. The summed E-state index contributed by atoms with van der Waals surface area (Å²) in [4.78, 5) is 11.5. The molecule has 0 saturated heterocycles. The molecular weight excluding hydrogens is 188 g/mol. The molecule has 0 unspecified atom stereocenters. The second kappa shape index (κ2) is 3.37. The average molecular weight is 204 g/mol. The molecule has 15 heavy (non-hydrogen) atoms. The van der Waals surface area contributed by atoms with Gasteiger partial charge in [-0.15, -0.1) is 0 Å². The van der Waals surface area contributed by atoms with Crippen LogP contribution in [0.4, 0.5) is 0 Å². The van der Waals surface area contributed by atoms with Gasteiger partial charge in [-0.3, -0.25) is 0 Å². The summed E-state index contributed by atoms with van der Waals surface area (Å²) in [6, 6.07) is 6.01. The highest BCUT2D eigenvalue weighted by molar-refractivity contribution is 5.94. The van der Waals surface area contributed by atoms with Crippen molar-refractivity contribution in [3.05, 3.63) is 34.9 Å². The van der Waals surface area contributed by atoms with Crippen LogP contribution < -0.4 is 0 Å². The number of aryl methyl sites for hydroxylation is 1.